The molecule has 0 bridgehead atoms. The molecule has 0 radical (unpaired) electrons. The topological polar surface area (TPSA) is 70.5 Å². The molecule has 6 heteroatoms. The second-order valence-electron chi connectivity index (χ2n) is 5.12. The summed E-state index contributed by atoms with van der Waals surface area (Å²) in [5.74, 6) is 1.42. The summed E-state index contributed by atoms with van der Waals surface area (Å²) in [4.78, 5) is 0. The Balaban J connectivity index is 1.96. The van der Waals surface area contributed by atoms with Gasteiger partial charge in [0.1, 0.15) is 0 Å². The summed E-state index contributed by atoms with van der Waals surface area (Å²) in [7, 11) is 1.59. The number of benzene rings is 1. The maximum absolute atomic E-state index is 6.36. The van der Waals surface area contributed by atoms with Gasteiger partial charge in [-0.15, -0.1) is 0 Å². The Labute approximate surface area is 128 Å². The number of nitrogens with zero attached hydrogens (tertiary/aromatic N) is 1. The Bertz CT molecular complexity index is 636. The molecule has 112 valence electrons. The van der Waals surface area contributed by atoms with Gasteiger partial charge in [-0.3, -0.25) is 0 Å². The fourth-order valence-corrected chi connectivity index (χ4v) is 2.88. The zero-order valence-corrected chi connectivity index (χ0v) is 12.5. The van der Waals surface area contributed by atoms with E-state index in [-0.39, 0.29) is 12.0 Å². The molecule has 0 saturated heterocycles. The maximum Gasteiger partial charge on any atom is 0.229 e. The number of nitrogens with two attached hydrogens (primary N) is 1. The minimum Gasteiger partial charge on any atom is -0.493 e. The highest BCUT2D eigenvalue weighted by molar-refractivity contribution is 6.32. The fourth-order valence-electron chi connectivity index (χ4n) is 2.63. The van der Waals surface area contributed by atoms with Gasteiger partial charge in [-0.05, 0) is 43.4 Å². The second kappa shape index (κ2) is 5.85. The summed E-state index contributed by atoms with van der Waals surface area (Å²) >= 11 is 6.36. The van der Waals surface area contributed by atoms with Crippen LogP contribution in [-0.2, 0) is 0 Å². The Morgan fingerprint density at radius 3 is 2.71 bits per heavy atom. The molecule has 1 saturated carbocycles. The van der Waals surface area contributed by atoms with E-state index < -0.39 is 0 Å². The van der Waals surface area contributed by atoms with Gasteiger partial charge in [0.25, 0.3) is 0 Å². The molecule has 0 unspecified atom stereocenters. The Morgan fingerprint density at radius 2 is 2.10 bits per heavy atom. The molecule has 1 aliphatic carbocycles. The summed E-state index contributed by atoms with van der Waals surface area (Å²) < 4.78 is 16.3. The lowest BCUT2D eigenvalue weighted by Crippen LogP contribution is -2.12. The molecule has 0 amide bonds. The van der Waals surface area contributed by atoms with Crippen molar-refractivity contribution in [1.29, 1.82) is 0 Å². The van der Waals surface area contributed by atoms with Crippen LogP contribution in [0.1, 0.15) is 25.7 Å². The Morgan fingerprint density at radius 1 is 1.33 bits per heavy atom. The summed E-state index contributed by atoms with van der Waals surface area (Å²) in [5, 5.41) is 4.17. The summed E-state index contributed by atoms with van der Waals surface area (Å²) in [6.07, 6.45) is 6.26. The highest BCUT2D eigenvalue weighted by atomic mass is 35.5. The predicted octanol–water partition coefficient (Wildman–Crippen LogP) is 3.91. The Hall–Kier alpha value is -1.88. The van der Waals surface area contributed by atoms with Crippen molar-refractivity contribution in [3.05, 3.63) is 23.4 Å². The standard InChI is InChI=1S/C15H17ClN2O3/c1-19-13-7-9(11-8-18-21-15(11)17)6-12(16)14(13)20-10-4-2-3-5-10/h6-8,10H,2-5,17H2,1H3. The molecule has 5 nitrogen and oxygen atoms in total. The maximum atomic E-state index is 6.36. The number of hydrogen-bond donors (Lipinski definition) is 1. The van der Waals surface area contributed by atoms with Crippen molar-refractivity contribution in [2.45, 2.75) is 31.8 Å². The van der Waals surface area contributed by atoms with Crippen molar-refractivity contribution in [3.63, 3.8) is 0 Å². The van der Waals surface area contributed by atoms with Crippen molar-refractivity contribution >= 4 is 17.5 Å². The van der Waals surface area contributed by atoms with E-state index in [1.165, 1.54) is 12.8 Å². The largest absolute Gasteiger partial charge is 0.493 e. The lowest BCUT2D eigenvalue weighted by Gasteiger charge is -2.18. The third-order valence-corrected chi connectivity index (χ3v) is 4.01. The summed E-state index contributed by atoms with van der Waals surface area (Å²) in [6.45, 7) is 0. The van der Waals surface area contributed by atoms with Crippen LogP contribution in [0.15, 0.2) is 22.9 Å². The van der Waals surface area contributed by atoms with Crippen LogP contribution in [0.4, 0.5) is 5.88 Å². The van der Waals surface area contributed by atoms with Crippen LogP contribution >= 0.6 is 11.6 Å². The van der Waals surface area contributed by atoms with E-state index in [0.29, 0.717) is 22.1 Å². The molecule has 0 spiro atoms. The first-order valence-corrected chi connectivity index (χ1v) is 7.31. The molecule has 0 atom stereocenters. The van der Waals surface area contributed by atoms with Crippen molar-refractivity contribution in [2.24, 2.45) is 0 Å². The normalized spacial score (nSPS) is 15.3. The minimum absolute atomic E-state index is 0.211. The molecule has 1 heterocycles. The van der Waals surface area contributed by atoms with Gasteiger partial charge >= 0.3 is 0 Å². The van der Waals surface area contributed by atoms with Gasteiger partial charge in [0.2, 0.25) is 5.88 Å². The number of methoxy groups -OCH3 is 1. The van der Waals surface area contributed by atoms with Gasteiger partial charge in [0, 0.05) is 0 Å². The quantitative estimate of drug-likeness (QED) is 0.927. The lowest BCUT2D eigenvalue weighted by atomic mass is 10.1. The van der Waals surface area contributed by atoms with E-state index in [9.17, 15) is 0 Å². The smallest absolute Gasteiger partial charge is 0.229 e. The second-order valence-corrected chi connectivity index (χ2v) is 5.52. The zero-order chi connectivity index (χ0) is 14.8. The van der Waals surface area contributed by atoms with Crippen molar-refractivity contribution < 1.29 is 14.0 Å². The minimum atomic E-state index is 0.211. The van der Waals surface area contributed by atoms with Crippen LogP contribution in [0.25, 0.3) is 11.1 Å². The molecule has 21 heavy (non-hydrogen) atoms. The van der Waals surface area contributed by atoms with Gasteiger partial charge in [0.05, 0.1) is 30.0 Å². The van der Waals surface area contributed by atoms with E-state index in [1.54, 1.807) is 19.4 Å². The summed E-state index contributed by atoms with van der Waals surface area (Å²) in [5.41, 5.74) is 7.21. The zero-order valence-electron chi connectivity index (χ0n) is 11.8. The molecule has 0 aliphatic heterocycles. The monoisotopic (exact) mass is 308 g/mol. The SMILES string of the molecule is COc1cc(-c2cnoc2N)cc(Cl)c1OC1CCCC1. The average Bonchev–Trinajstić information content (AvgIpc) is 3.12. The number of ether oxygens (including phenoxy) is 2. The fraction of sp³-hybridized carbons (Fsp3) is 0.400. The molecule has 1 aromatic carbocycles. The van der Waals surface area contributed by atoms with Gasteiger partial charge < -0.3 is 19.7 Å². The third kappa shape index (κ3) is 2.78. The van der Waals surface area contributed by atoms with Crippen molar-refractivity contribution in [1.82, 2.24) is 5.16 Å². The van der Waals surface area contributed by atoms with Crippen LogP contribution in [0, 0.1) is 0 Å². The van der Waals surface area contributed by atoms with Crippen LogP contribution < -0.4 is 15.2 Å². The van der Waals surface area contributed by atoms with E-state index in [0.717, 1.165) is 18.4 Å². The lowest BCUT2D eigenvalue weighted by molar-refractivity contribution is 0.201. The van der Waals surface area contributed by atoms with Crippen LogP contribution in [0.5, 0.6) is 11.5 Å². The molecule has 1 aromatic heterocycles. The van der Waals surface area contributed by atoms with Crippen molar-refractivity contribution in [3.8, 4) is 22.6 Å². The first-order chi connectivity index (χ1) is 10.2. The van der Waals surface area contributed by atoms with E-state index >= 15 is 0 Å². The van der Waals surface area contributed by atoms with Gasteiger partial charge in [0.15, 0.2) is 11.5 Å². The third-order valence-electron chi connectivity index (χ3n) is 3.73. The van der Waals surface area contributed by atoms with Crippen molar-refractivity contribution in [2.75, 3.05) is 12.8 Å². The molecule has 1 fully saturated rings. The van der Waals surface area contributed by atoms with Gasteiger partial charge in [-0.1, -0.05) is 16.8 Å². The molecule has 1 aliphatic rings. The number of rotatable bonds is 4. The number of nitrogen functional groups attached to an aromatic ring is 1. The van der Waals surface area contributed by atoms with Crippen LogP contribution in [-0.4, -0.2) is 18.4 Å². The average molecular weight is 309 g/mol. The number of hydrogen-bond acceptors (Lipinski definition) is 5. The molecular weight excluding hydrogens is 292 g/mol. The highest BCUT2D eigenvalue weighted by Crippen LogP contribution is 2.42. The van der Waals surface area contributed by atoms with E-state index in [4.69, 9.17) is 31.3 Å². The first kappa shape index (κ1) is 14.1. The number of aromatic nitrogens is 1. The van der Waals surface area contributed by atoms with Gasteiger partial charge in [-0.2, -0.15) is 0 Å². The predicted molar refractivity (Wildman–Crippen MR) is 80.8 cm³/mol. The van der Waals surface area contributed by atoms with E-state index in [2.05, 4.69) is 5.16 Å². The van der Waals surface area contributed by atoms with E-state index in [1.807, 2.05) is 6.07 Å². The molecule has 2 N–H and O–H groups in total. The Kier molecular flexibility index (Phi) is 3.92. The summed E-state index contributed by atoms with van der Waals surface area (Å²) in [6, 6.07) is 3.62. The molecular formula is C15H17ClN2O3. The molecule has 3 rings (SSSR count). The number of halogens is 1. The first-order valence-electron chi connectivity index (χ1n) is 6.93. The van der Waals surface area contributed by atoms with Gasteiger partial charge in [-0.25, -0.2) is 0 Å². The van der Waals surface area contributed by atoms with Crippen LogP contribution in [0.3, 0.4) is 0 Å². The number of anilines is 1. The molecule has 2 aromatic rings. The van der Waals surface area contributed by atoms with Crippen LogP contribution in [0.2, 0.25) is 5.02 Å². The highest BCUT2D eigenvalue weighted by Gasteiger charge is 2.21.